The summed E-state index contributed by atoms with van der Waals surface area (Å²) in [7, 11) is 0. The van der Waals surface area contributed by atoms with E-state index in [9.17, 15) is 4.79 Å². The van der Waals surface area contributed by atoms with Crippen LogP contribution in [0.5, 0.6) is 0 Å². The highest BCUT2D eigenvalue weighted by atomic mass is 35.5. The maximum Gasteiger partial charge on any atom is 0.335 e. The molecular formula is C16H21ClO3. The molecule has 3 nitrogen and oxygen atoms in total. The highest BCUT2D eigenvalue weighted by Gasteiger charge is 2.34. The fraction of sp³-hybridized carbons (Fsp3) is 0.562. The molecule has 4 atom stereocenters. The van der Waals surface area contributed by atoms with Crippen LogP contribution in [-0.4, -0.2) is 23.6 Å². The molecule has 110 valence electrons. The lowest BCUT2D eigenvalue weighted by molar-refractivity contribution is -0.170. The Bertz CT molecular complexity index is 435. The average Bonchev–Trinajstić information content (AvgIpc) is 2.47. The summed E-state index contributed by atoms with van der Waals surface area (Å²) in [5, 5.41) is -0.0663. The number of hydrogen-bond donors (Lipinski definition) is 0. The van der Waals surface area contributed by atoms with Crippen LogP contribution in [0.4, 0.5) is 0 Å². The van der Waals surface area contributed by atoms with Gasteiger partial charge in [-0.15, -0.1) is 11.6 Å². The zero-order valence-electron chi connectivity index (χ0n) is 11.9. The molecule has 0 N–H and O–H groups in total. The second kappa shape index (κ2) is 7.09. The van der Waals surface area contributed by atoms with Gasteiger partial charge in [-0.3, -0.25) is 0 Å². The minimum absolute atomic E-state index is 0.0663. The van der Waals surface area contributed by atoms with E-state index in [0.29, 0.717) is 6.42 Å². The number of esters is 1. The SMILES string of the molecule is CCC(C)OC(=O)[C@H]1C[C@H](Cl)C[C@H](c2ccccc2)O1. The van der Waals surface area contributed by atoms with E-state index in [1.54, 1.807) is 0 Å². The third-order valence-electron chi connectivity index (χ3n) is 3.59. The summed E-state index contributed by atoms with van der Waals surface area (Å²) in [6.45, 7) is 3.87. The molecule has 0 amide bonds. The third kappa shape index (κ3) is 3.97. The first-order valence-corrected chi connectivity index (χ1v) is 7.58. The van der Waals surface area contributed by atoms with Gasteiger partial charge in [0.2, 0.25) is 0 Å². The number of benzene rings is 1. The molecule has 1 aromatic rings. The number of alkyl halides is 1. The summed E-state index contributed by atoms with van der Waals surface area (Å²) in [5.41, 5.74) is 1.05. The minimum Gasteiger partial charge on any atom is -0.461 e. The molecule has 1 aliphatic heterocycles. The van der Waals surface area contributed by atoms with E-state index in [1.807, 2.05) is 44.2 Å². The molecule has 0 aromatic heterocycles. The van der Waals surface area contributed by atoms with Crippen molar-refractivity contribution in [2.75, 3.05) is 0 Å². The van der Waals surface area contributed by atoms with Gasteiger partial charge >= 0.3 is 5.97 Å². The molecule has 1 fully saturated rings. The lowest BCUT2D eigenvalue weighted by Crippen LogP contribution is -2.37. The van der Waals surface area contributed by atoms with Crippen molar-refractivity contribution in [3.63, 3.8) is 0 Å². The quantitative estimate of drug-likeness (QED) is 0.625. The van der Waals surface area contributed by atoms with E-state index in [1.165, 1.54) is 0 Å². The molecule has 1 aliphatic rings. The Balaban J connectivity index is 2.03. The lowest BCUT2D eigenvalue weighted by Gasteiger charge is -2.32. The summed E-state index contributed by atoms with van der Waals surface area (Å²) in [6.07, 6.45) is 1.24. The summed E-state index contributed by atoms with van der Waals surface area (Å²) in [4.78, 5) is 12.1. The summed E-state index contributed by atoms with van der Waals surface area (Å²) >= 11 is 6.28. The monoisotopic (exact) mass is 296 g/mol. The maximum atomic E-state index is 12.1. The second-order valence-electron chi connectivity index (χ2n) is 5.25. The van der Waals surface area contributed by atoms with Crippen LogP contribution in [0.25, 0.3) is 0 Å². The van der Waals surface area contributed by atoms with Crippen LogP contribution in [0.2, 0.25) is 0 Å². The van der Waals surface area contributed by atoms with Crippen LogP contribution in [0.1, 0.15) is 44.8 Å². The Morgan fingerprint density at radius 1 is 1.40 bits per heavy atom. The molecule has 0 radical (unpaired) electrons. The molecule has 1 saturated heterocycles. The van der Waals surface area contributed by atoms with Crippen LogP contribution in [0.15, 0.2) is 30.3 Å². The van der Waals surface area contributed by atoms with E-state index in [2.05, 4.69) is 0 Å². The van der Waals surface area contributed by atoms with Crippen LogP contribution < -0.4 is 0 Å². The van der Waals surface area contributed by atoms with Crippen LogP contribution in [0, 0.1) is 0 Å². The van der Waals surface area contributed by atoms with Gasteiger partial charge in [0, 0.05) is 11.8 Å². The van der Waals surface area contributed by atoms with Crippen molar-refractivity contribution in [3.05, 3.63) is 35.9 Å². The van der Waals surface area contributed by atoms with Crippen molar-refractivity contribution in [2.24, 2.45) is 0 Å². The molecule has 4 heteroatoms. The number of ether oxygens (including phenoxy) is 2. The largest absolute Gasteiger partial charge is 0.461 e. The topological polar surface area (TPSA) is 35.5 Å². The van der Waals surface area contributed by atoms with E-state index in [4.69, 9.17) is 21.1 Å². The van der Waals surface area contributed by atoms with Crippen molar-refractivity contribution in [1.82, 2.24) is 0 Å². The van der Waals surface area contributed by atoms with E-state index in [0.717, 1.165) is 18.4 Å². The normalized spacial score (nSPS) is 27.9. The number of carbonyl (C=O) groups is 1. The summed E-state index contributed by atoms with van der Waals surface area (Å²) in [5.74, 6) is -0.300. The zero-order valence-corrected chi connectivity index (χ0v) is 12.7. The molecule has 0 aliphatic carbocycles. The van der Waals surface area contributed by atoms with Crippen LogP contribution >= 0.6 is 11.6 Å². The van der Waals surface area contributed by atoms with Crippen LogP contribution in [0.3, 0.4) is 0 Å². The lowest BCUT2D eigenvalue weighted by atomic mass is 9.98. The maximum absolute atomic E-state index is 12.1. The number of halogens is 1. The highest BCUT2D eigenvalue weighted by Crippen LogP contribution is 2.34. The van der Waals surface area contributed by atoms with Crippen molar-refractivity contribution in [2.45, 2.75) is 56.8 Å². The molecule has 2 rings (SSSR count). The Morgan fingerprint density at radius 3 is 2.75 bits per heavy atom. The fourth-order valence-electron chi connectivity index (χ4n) is 2.26. The van der Waals surface area contributed by atoms with Crippen molar-refractivity contribution in [1.29, 1.82) is 0 Å². The van der Waals surface area contributed by atoms with E-state index >= 15 is 0 Å². The zero-order chi connectivity index (χ0) is 14.5. The van der Waals surface area contributed by atoms with Gasteiger partial charge in [-0.2, -0.15) is 0 Å². The molecule has 1 heterocycles. The molecule has 0 saturated carbocycles. The van der Waals surface area contributed by atoms with Gasteiger partial charge in [0.05, 0.1) is 12.2 Å². The Kier molecular flexibility index (Phi) is 5.44. The van der Waals surface area contributed by atoms with Gasteiger partial charge in [0.1, 0.15) is 0 Å². The molecule has 0 spiro atoms. The predicted molar refractivity (Wildman–Crippen MR) is 78.8 cm³/mol. The molecular weight excluding hydrogens is 276 g/mol. The molecule has 0 bridgehead atoms. The highest BCUT2D eigenvalue weighted by molar-refractivity contribution is 6.20. The number of carbonyl (C=O) groups excluding carboxylic acids is 1. The van der Waals surface area contributed by atoms with E-state index in [-0.39, 0.29) is 23.6 Å². The van der Waals surface area contributed by atoms with Crippen molar-refractivity contribution >= 4 is 17.6 Å². The minimum atomic E-state index is -0.564. The second-order valence-corrected chi connectivity index (χ2v) is 5.87. The van der Waals surface area contributed by atoms with Crippen molar-refractivity contribution in [3.8, 4) is 0 Å². The number of hydrogen-bond acceptors (Lipinski definition) is 3. The molecule has 20 heavy (non-hydrogen) atoms. The van der Waals surface area contributed by atoms with Crippen LogP contribution in [-0.2, 0) is 14.3 Å². The third-order valence-corrected chi connectivity index (χ3v) is 3.95. The van der Waals surface area contributed by atoms with E-state index < -0.39 is 6.10 Å². The Hall–Kier alpha value is -1.06. The van der Waals surface area contributed by atoms with Gasteiger partial charge in [-0.05, 0) is 25.3 Å². The van der Waals surface area contributed by atoms with Gasteiger partial charge < -0.3 is 9.47 Å². The molecule has 1 aromatic carbocycles. The smallest absolute Gasteiger partial charge is 0.335 e. The Morgan fingerprint density at radius 2 is 2.10 bits per heavy atom. The van der Waals surface area contributed by atoms with Gasteiger partial charge in [-0.25, -0.2) is 4.79 Å². The Labute approximate surface area is 125 Å². The van der Waals surface area contributed by atoms with Gasteiger partial charge in [0.15, 0.2) is 6.10 Å². The van der Waals surface area contributed by atoms with Gasteiger partial charge in [-0.1, -0.05) is 37.3 Å². The predicted octanol–water partition coefficient (Wildman–Crippen LogP) is 3.86. The first-order valence-electron chi connectivity index (χ1n) is 7.15. The molecule has 1 unspecified atom stereocenters. The van der Waals surface area contributed by atoms with Crippen molar-refractivity contribution < 1.29 is 14.3 Å². The summed E-state index contributed by atoms with van der Waals surface area (Å²) in [6, 6.07) is 9.87. The first-order chi connectivity index (χ1) is 9.60. The fourth-order valence-corrected chi connectivity index (χ4v) is 2.59. The standard InChI is InChI=1S/C16H21ClO3/c1-3-11(2)19-16(18)15-10-13(17)9-14(20-15)12-7-5-4-6-8-12/h4-8,11,13-15H,3,9-10H2,1-2H3/t11?,13-,14-,15-/m1/s1. The summed E-state index contributed by atoms with van der Waals surface area (Å²) < 4.78 is 11.2. The average molecular weight is 297 g/mol. The number of rotatable bonds is 4. The first kappa shape index (κ1) is 15.3. The van der Waals surface area contributed by atoms with Gasteiger partial charge in [0.25, 0.3) is 0 Å².